The molecule has 116 valence electrons. The molecule has 23 heavy (non-hydrogen) atoms. The molecule has 1 aliphatic heterocycles. The molecule has 0 amide bonds. The Bertz CT molecular complexity index is 991. The molecule has 1 aromatic carbocycles. The highest BCUT2D eigenvalue weighted by Crippen LogP contribution is 2.47. The number of nitrogens with zero attached hydrogens (tertiary/aromatic N) is 2. The number of hydrogen-bond acceptors (Lipinski definition) is 6. The second-order valence-corrected chi connectivity index (χ2v) is 6.81. The number of ketones is 1. The highest BCUT2D eigenvalue weighted by Gasteiger charge is 2.25. The number of fused-ring (bicyclic) bond motifs is 3. The van der Waals surface area contributed by atoms with Gasteiger partial charge in [-0.2, -0.15) is 4.98 Å². The predicted molar refractivity (Wildman–Crippen MR) is 93.9 cm³/mol. The van der Waals surface area contributed by atoms with Crippen molar-refractivity contribution in [3.05, 3.63) is 34.9 Å². The van der Waals surface area contributed by atoms with Gasteiger partial charge in [-0.05, 0) is 31.0 Å². The van der Waals surface area contributed by atoms with Crippen molar-refractivity contribution in [2.24, 2.45) is 0 Å². The summed E-state index contributed by atoms with van der Waals surface area (Å²) in [5.74, 6) is 0.776. The maximum Gasteiger partial charge on any atom is 0.199 e. The number of rotatable bonds is 2. The van der Waals surface area contributed by atoms with Crippen molar-refractivity contribution >= 4 is 51.1 Å². The van der Waals surface area contributed by atoms with Gasteiger partial charge in [0.05, 0.1) is 11.0 Å². The van der Waals surface area contributed by atoms with Gasteiger partial charge in [0.15, 0.2) is 11.7 Å². The van der Waals surface area contributed by atoms with Gasteiger partial charge in [0, 0.05) is 27.1 Å². The quantitative estimate of drug-likeness (QED) is 0.668. The Kier molecular flexibility index (Phi) is 3.05. The van der Waals surface area contributed by atoms with Crippen LogP contribution in [0, 0.1) is 0 Å². The number of carbonyl (C=O) groups excluding carboxylic acids is 1. The largest absolute Gasteiger partial charge is 0.383 e. The van der Waals surface area contributed by atoms with Crippen LogP contribution in [0.5, 0.6) is 0 Å². The molecule has 0 saturated heterocycles. The average molecular weight is 325 g/mol. The van der Waals surface area contributed by atoms with Crippen molar-refractivity contribution in [2.45, 2.75) is 18.6 Å². The Hall–Kier alpha value is -2.54. The van der Waals surface area contributed by atoms with Gasteiger partial charge in [0.2, 0.25) is 0 Å². The number of H-pyrrole nitrogens is 1. The first-order valence-corrected chi connectivity index (χ1v) is 8.12. The fourth-order valence-electron chi connectivity index (χ4n) is 3.06. The van der Waals surface area contributed by atoms with E-state index in [1.54, 1.807) is 24.9 Å². The number of carbonyl (C=O) groups is 1. The minimum atomic E-state index is 0.106. The van der Waals surface area contributed by atoms with Crippen molar-refractivity contribution in [3.8, 4) is 0 Å². The van der Waals surface area contributed by atoms with E-state index in [2.05, 4.69) is 15.0 Å². The van der Waals surface area contributed by atoms with Crippen LogP contribution in [0.4, 0.5) is 11.8 Å². The highest BCUT2D eigenvalue weighted by atomic mass is 32.2. The standard InChI is InChI=1S/C16H15N5OS/c1-7(22)11-2-3-12(23-11)9-6-10-13(8-4-5-19-14(8)9)15(17)21-16(18)20-10/h2,4-6,12H,3,17H2,1H3,(H3,18,20,21). The minimum absolute atomic E-state index is 0.106. The summed E-state index contributed by atoms with van der Waals surface area (Å²) in [5, 5.41) is 1.95. The molecule has 0 spiro atoms. The molecule has 6 nitrogen and oxygen atoms in total. The Morgan fingerprint density at radius 1 is 1.43 bits per heavy atom. The van der Waals surface area contributed by atoms with Crippen LogP contribution < -0.4 is 11.5 Å². The molecule has 4 rings (SSSR count). The van der Waals surface area contributed by atoms with Gasteiger partial charge in [-0.3, -0.25) is 9.78 Å². The smallest absolute Gasteiger partial charge is 0.199 e. The molecule has 0 radical (unpaired) electrons. The van der Waals surface area contributed by atoms with E-state index < -0.39 is 0 Å². The first-order chi connectivity index (χ1) is 11.0. The third-order valence-corrected chi connectivity index (χ3v) is 5.49. The second-order valence-electron chi connectivity index (χ2n) is 5.57. The number of thioether (sulfide) groups is 1. The van der Waals surface area contributed by atoms with E-state index >= 15 is 0 Å². The van der Waals surface area contributed by atoms with E-state index in [9.17, 15) is 4.79 Å². The Morgan fingerprint density at radius 3 is 3.00 bits per heavy atom. The Morgan fingerprint density at radius 2 is 2.26 bits per heavy atom. The lowest BCUT2D eigenvalue weighted by Crippen LogP contribution is -2.02. The van der Waals surface area contributed by atoms with E-state index in [1.165, 1.54) is 0 Å². The van der Waals surface area contributed by atoms with Crippen LogP contribution in [0.25, 0.3) is 21.8 Å². The fraction of sp³-hybridized carbons (Fsp3) is 0.188. The zero-order valence-electron chi connectivity index (χ0n) is 12.5. The van der Waals surface area contributed by atoms with Gasteiger partial charge in [0.25, 0.3) is 0 Å². The molecular weight excluding hydrogens is 310 g/mol. The normalized spacial score (nSPS) is 17.8. The lowest BCUT2D eigenvalue weighted by molar-refractivity contribution is -0.112. The van der Waals surface area contributed by atoms with E-state index in [0.29, 0.717) is 5.82 Å². The number of benzene rings is 1. The second kappa shape index (κ2) is 4.99. The topological polar surface area (TPSA) is 111 Å². The molecule has 0 bridgehead atoms. The molecule has 0 aliphatic carbocycles. The number of allylic oxidation sites excluding steroid dienone is 2. The van der Waals surface area contributed by atoms with Gasteiger partial charge >= 0.3 is 0 Å². The van der Waals surface area contributed by atoms with Gasteiger partial charge in [-0.15, -0.1) is 11.8 Å². The van der Waals surface area contributed by atoms with Crippen LogP contribution >= 0.6 is 11.8 Å². The molecular formula is C16H15N5OS. The maximum absolute atomic E-state index is 11.6. The molecule has 3 aromatic rings. The lowest BCUT2D eigenvalue weighted by Gasteiger charge is -2.14. The van der Waals surface area contributed by atoms with E-state index in [1.807, 2.05) is 18.2 Å². The van der Waals surface area contributed by atoms with Crippen molar-refractivity contribution in [2.75, 3.05) is 11.5 Å². The number of anilines is 2. The van der Waals surface area contributed by atoms with Gasteiger partial charge in [-0.25, -0.2) is 0 Å². The number of nitrogen functional groups attached to an aromatic ring is 2. The number of aromatic amines is 1. The summed E-state index contributed by atoms with van der Waals surface area (Å²) < 4.78 is 0. The van der Waals surface area contributed by atoms with Crippen LogP contribution in [0.1, 0.15) is 24.2 Å². The highest BCUT2D eigenvalue weighted by molar-refractivity contribution is 8.04. The van der Waals surface area contributed by atoms with E-state index in [4.69, 9.17) is 11.5 Å². The first-order valence-electron chi connectivity index (χ1n) is 7.24. The van der Waals surface area contributed by atoms with Crippen LogP contribution in [0.15, 0.2) is 29.3 Å². The number of aromatic nitrogens is 3. The summed E-state index contributed by atoms with van der Waals surface area (Å²) in [7, 11) is 0. The molecule has 1 atom stereocenters. The first kappa shape index (κ1) is 14.1. The average Bonchev–Trinajstić information content (AvgIpc) is 3.15. The molecule has 1 unspecified atom stereocenters. The molecule has 5 N–H and O–H groups in total. The zero-order chi connectivity index (χ0) is 16.1. The van der Waals surface area contributed by atoms with Crippen molar-refractivity contribution in [1.82, 2.24) is 15.0 Å². The molecule has 2 aromatic heterocycles. The van der Waals surface area contributed by atoms with Crippen molar-refractivity contribution < 1.29 is 4.79 Å². The van der Waals surface area contributed by atoms with E-state index in [0.717, 1.165) is 38.7 Å². The summed E-state index contributed by atoms with van der Waals surface area (Å²) in [4.78, 5) is 24.1. The molecule has 3 heterocycles. The van der Waals surface area contributed by atoms with E-state index in [-0.39, 0.29) is 17.0 Å². The summed E-state index contributed by atoms with van der Waals surface area (Å²) >= 11 is 1.59. The Balaban J connectivity index is 1.93. The molecule has 7 heteroatoms. The zero-order valence-corrected chi connectivity index (χ0v) is 13.3. The summed E-state index contributed by atoms with van der Waals surface area (Å²) in [6.07, 6.45) is 4.57. The number of nitrogens with one attached hydrogen (secondary N) is 1. The van der Waals surface area contributed by atoms with Crippen LogP contribution in [0.2, 0.25) is 0 Å². The van der Waals surface area contributed by atoms with Crippen LogP contribution in [-0.2, 0) is 4.79 Å². The fourth-order valence-corrected chi connectivity index (χ4v) is 4.22. The number of nitrogens with two attached hydrogens (primary N) is 2. The van der Waals surface area contributed by atoms with Crippen LogP contribution in [-0.4, -0.2) is 20.7 Å². The summed E-state index contributed by atoms with van der Waals surface area (Å²) in [6, 6.07) is 3.95. The molecule has 0 saturated carbocycles. The minimum Gasteiger partial charge on any atom is -0.383 e. The molecule has 1 aliphatic rings. The van der Waals surface area contributed by atoms with Crippen molar-refractivity contribution in [1.29, 1.82) is 0 Å². The van der Waals surface area contributed by atoms with Crippen molar-refractivity contribution in [3.63, 3.8) is 0 Å². The van der Waals surface area contributed by atoms with Gasteiger partial charge < -0.3 is 16.5 Å². The predicted octanol–water partition coefficient (Wildman–Crippen LogP) is 2.93. The summed E-state index contributed by atoms with van der Waals surface area (Å²) in [6.45, 7) is 1.60. The van der Waals surface area contributed by atoms with Crippen LogP contribution in [0.3, 0.4) is 0 Å². The summed E-state index contributed by atoms with van der Waals surface area (Å²) in [5.41, 5.74) is 14.7. The SMILES string of the molecule is CC(=O)C1=CCC(c2cc3[nH]c(N)nc(N)c3c3ccnc23)S1. The maximum atomic E-state index is 11.6. The lowest BCUT2D eigenvalue weighted by atomic mass is 10.0. The third-order valence-electron chi connectivity index (χ3n) is 4.05. The molecule has 0 fully saturated rings. The van der Waals surface area contributed by atoms with Gasteiger partial charge in [0.1, 0.15) is 5.82 Å². The third kappa shape index (κ3) is 2.16. The number of hydrogen-bond donors (Lipinski definition) is 3. The monoisotopic (exact) mass is 325 g/mol. The van der Waals surface area contributed by atoms with Gasteiger partial charge in [-0.1, -0.05) is 6.08 Å². The Labute approximate surface area is 136 Å². The number of Topliss-reactive ketones (excluding diaryl/α,β-unsaturated/α-hetero) is 1.